The predicted octanol–water partition coefficient (Wildman–Crippen LogP) is 4.24. The molecule has 3 heterocycles. The summed E-state index contributed by atoms with van der Waals surface area (Å²) >= 11 is -0.349. The molecule has 5 nitrogen and oxygen atoms in total. The second kappa shape index (κ2) is 6.79. The van der Waals surface area contributed by atoms with Gasteiger partial charge in [0.15, 0.2) is 0 Å². The van der Waals surface area contributed by atoms with Crippen LogP contribution in [-0.2, 0) is 12.7 Å². The van der Waals surface area contributed by atoms with Crippen LogP contribution in [0.25, 0.3) is 16.8 Å². The molecule has 0 atom stereocenters. The van der Waals surface area contributed by atoms with E-state index < -0.39 is 11.7 Å². The Bertz CT molecular complexity index is 1360. The summed E-state index contributed by atoms with van der Waals surface area (Å²) in [5.41, 5.74) is 1.11. The number of nitrogens with zero attached hydrogens (tertiary/aromatic N) is 4. The van der Waals surface area contributed by atoms with E-state index in [0.717, 1.165) is 17.8 Å². The Hall–Kier alpha value is -3.03. The fraction of sp³-hybridized carbons (Fsp3) is 0.100. The molecule has 0 saturated heterocycles. The van der Waals surface area contributed by atoms with Gasteiger partial charge in [-0.15, -0.1) is 0 Å². The van der Waals surface area contributed by atoms with Crippen molar-refractivity contribution in [2.75, 3.05) is 0 Å². The predicted molar refractivity (Wildman–Crippen MR) is 102 cm³/mol. The van der Waals surface area contributed by atoms with Crippen LogP contribution in [0.3, 0.4) is 0 Å². The molecule has 3 aromatic heterocycles. The van der Waals surface area contributed by atoms with Crippen molar-refractivity contribution in [3.63, 3.8) is 0 Å². The van der Waals surface area contributed by atoms with Gasteiger partial charge in [-0.2, -0.15) is 0 Å². The number of benzene rings is 2. The molecular weight excluding hydrogens is 448 g/mol. The number of aromatic nitrogens is 3. The van der Waals surface area contributed by atoms with Crippen LogP contribution in [-0.4, -0.2) is 27.7 Å². The van der Waals surface area contributed by atoms with E-state index in [1.54, 1.807) is 16.7 Å². The zero-order chi connectivity index (χ0) is 20.0. The molecule has 0 unspecified atom stereocenters. The Labute approximate surface area is 168 Å². The number of furan rings is 1. The molecule has 29 heavy (non-hydrogen) atoms. The summed E-state index contributed by atoms with van der Waals surface area (Å²) in [5.74, 6) is 1.27. The van der Waals surface area contributed by atoms with E-state index in [4.69, 9.17) is 4.42 Å². The summed E-state index contributed by atoms with van der Waals surface area (Å²) in [6.07, 6.45) is -2.86. The third-order valence-corrected chi connectivity index (χ3v) is 6.00. The summed E-state index contributed by atoms with van der Waals surface area (Å²) in [5, 5.41) is 0. The molecule has 5 rings (SSSR count). The van der Waals surface area contributed by atoms with Gasteiger partial charge < -0.3 is 0 Å². The maximum atomic E-state index is 13.3. The Morgan fingerprint density at radius 3 is 2.55 bits per heavy atom. The average molecular weight is 461 g/mol. The molecule has 0 radical (unpaired) electrons. The van der Waals surface area contributed by atoms with E-state index in [1.807, 2.05) is 41.0 Å². The quantitative estimate of drug-likeness (QED) is 0.378. The van der Waals surface area contributed by atoms with Gasteiger partial charge >= 0.3 is 168 Å². The Kier molecular flexibility index (Phi) is 4.22. The fourth-order valence-corrected chi connectivity index (χ4v) is 4.82. The van der Waals surface area contributed by atoms with Gasteiger partial charge in [-0.3, -0.25) is 0 Å². The summed E-state index contributed by atoms with van der Waals surface area (Å²) in [6.45, 7) is 0.370. The number of hydrogen-bond acceptors (Lipinski definition) is 3. The molecule has 0 fully saturated rings. The first kappa shape index (κ1) is 18.0. The average Bonchev–Trinajstić information content (AvgIpc) is 3.41. The zero-order valence-electron chi connectivity index (χ0n) is 14.8. The van der Waals surface area contributed by atoms with E-state index >= 15 is 0 Å². The van der Waals surface area contributed by atoms with Crippen molar-refractivity contribution in [1.82, 2.24) is 12.9 Å². The molecule has 0 spiro atoms. The molecule has 146 valence electrons. The van der Waals surface area contributed by atoms with Gasteiger partial charge in [-0.05, 0) is 0 Å². The molecule has 5 aromatic rings. The summed E-state index contributed by atoms with van der Waals surface area (Å²) in [6, 6.07) is 16.7. The maximum absolute atomic E-state index is 13.3. The normalized spacial score (nSPS) is 13.0. The molecule has 0 aliphatic heterocycles. The molecule has 0 aliphatic carbocycles. The van der Waals surface area contributed by atoms with Crippen LogP contribution in [0.4, 0.5) is 18.9 Å². The van der Waals surface area contributed by atoms with Gasteiger partial charge in [0.05, 0.1) is 0 Å². The van der Waals surface area contributed by atoms with Gasteiger partial charge in [0.25, 0.3) is 0 Å². The Morgan fingerprint density at radius 1 is 1.00 bits per heavy atom. The van der Waals surface area contributed by atoms with E-state index in [-0.39, 0.29) is 14.7 Å². The van der Waals surface area contributed by atoms with Crippen molar-refractivity contribution in [2.24, 2.45) is 4.99 Å². The molecule has 0 aliphatic rings. The van der Waals surface area contributed by atoms with E-state index in [9.17, 15) is 13.2 Å². The molecule has 0 saturated carbocycles. The summed E-state index contributed by atoms with van der Waals surface area (Å²) in [7, 11) is 0. The monoisotopic (exact) mass is 462 g/mol. The third-order valence-electron chi connectivity index (χ3n) is 4.55. The standard InChI is InChI=1S/C20H13F3N4OSe/c21-20(22,23)13-8-9-16-17(11-13)27-18(26(16)12-15-7-4-10-28-15)25-29-19(27)24-14-5-2-1-3-6-14/h1-11H,12H2. The third kappa shape index (κ3) is 3.22. The van der Waals surface area contributed by atoms with Gasteiger partial charge in [-0.1, -0.05) is 0 Å². The number of halogens is 3. The molecule has 2 aromatic carbocycles. The van der Waals surface area contributed by atoms with Crippen LogP contribution >= 0.6 is 0 Å². The molecule has 0 N–H and O–H groups in total. The number of rotatable bonds is 3. The van der Waals surface area contributed by atoms with Crippen molar-refractivity contribution in [1.29, 1.82) is 0 Å². The Balaban J connectivity index is 1.82. The van der Waals surface area contributed by atoms with Gasteiger partial charge in [-0.25, -0.2) is 0 Å². The van der Waals surface area contributed by atoms with Crippen molar-refractivity contribution in [2.45, 2.75) is 12.7 Å². The number of alkyl halides is 3. The van der Waals surface area contributed by atoms with Crippen molar-refractivity contribution >= 4 is 37.2 Å². The first-order chi connectivity index (χ1) is 14.0. The zero-order valence-corrected chi connectivity index (χ0v) is 16.5. The van der Waals surface area contributed by atoms with Crippen molar-refractivity contribution in [3.8, 4) is 0 Å². The van der Waals surface area contributed by atoms with E-state index in [2.05, 4.69) is 8.97 Å². The van der Waals surface area contributed by atoms with E-state index in [1.165, 1.54) is 6.07 Å². The van der Waals surface area contributed by atoms with Crippen LogP contribution in [0, 0.1) is 0 Å². The van der Waals surface area contributed by atoms with Crippen LogP contribution in [0.2, 0.25) is 0 Å². The van der Waals surface area contributed by atoms with Crippen molar-refractivity contribution in [3.05, 3.63) is 82.6 Å². The summed E-state index contributed by atoms with van der Waals surface area (Å²) in [4.78, 5) is 4.65. The molecule has 9 heteroatoms. The number of imidazole rings is 1. The minimum absolute atomic E-state index is 0.349. The van der Waals surface area contributed by atoms with Gasteiger partial charge in [0.1, 0.15) is 0 Å². The van der Waals surface area contributed by atoms with Crippen LogP contribution in [0.1, 0.15) is 11.3 Å². The van der Waals surface area contributed by atoms with Crippen molar-refractivity contribution < 1.29 is 17.6 Å². The van der Waals surface area contributed by atoms with Gasteiger partial charge in [0.2, 0.25) is 0 Å². The Morgan fingerprint density at radius 2 is 1.83 bits per heavy atom. The van der Waals surface area contributed by atoms with Crippen LogP contribution < -0.4 is 4.36 Å². The molecule has 0 bridgehead atoms. The SMILES string of the molecule is FC(F)(F)c1ccc2c(c1)n1c(=Nc3ccccc3)[se]nc1n2Cc1ccco1. The second-order valence-electron chi connectivity index (χ2n) is 6.41. The van der Waals surface area contributed by atoms with Gasteiger partial charge in [0, 0.05) is 0 Å². The number of para-hydroxylation sites is 1. The first-order valence-electron chi connectivity index (χ1n) is 8.71. The second-order valence-corrected chi connectivity index (χ2v) is 7.95. The van der Waals surface area contributed by atoms with Crippen LogP contribution in [0.15, 0.2) is 76.3 Å². The number of fused-ring (bicyclic) bond motifs is 3. The first-order valence-corrected chi connectivity index (χ1v) is 10.3. The number of hydrogen-bond donors (Lipinski definition) is 0. The van der Waals surface area contributed by atoms with E-state index in [0.29, 0.717) is 33.5 Å². The van der Waals surface area contributed by atoms with Crippen LogP contribution in [0.5, 0.6) is 0 Å². The topological polar surface area (TPSA) is 47.7 Å². The fourth-order valence-electron chi connectivity index (χ4n) is 3.24. The minimum atomic E-state index is -4.43. The molecular formula is C20H13F3N4OSe. The summed E-state index contributed by atoms with van der Waals surface area (Å²) < 4.78 is 54.3. The molecule has 0 amide bonds.